The Hall–Kier alpha value is -3.54. The fourth-order valence-corrected chi connectivity index (χ4v) is 2.92. The number of para-hydroxylation sites is 2. The molecule has 0 unspecified atom stereocenters. The number of aromatic nitrogens is 4. The second-order valence-electron chi connectivity index (χ2n) is 6.01. The first-order chi connectivity index (χ1) is 12.6. The summed E-state index contributed by atoms with van der Waals surface area (Å²) in [6.45, 7) is 1.75. The summed E-state index contributed by atoms with van der Waals surface area (Å²) in [7, 11) is 1.99. The summed E-state index contributed by atoms with van der Waals surface area (Å²) in [4.78, 5) is 25.3. The Bertz CT molecular complexity index is 1120. The van der Waals surface area contributed by atoms with Gasteiger partial charge in [-0.25, -0.2) is 15.0 Å². The van der Waals surface area contributed by atoms with Gasteiger partial charge in [-0.05, 0) is 37.3 Å². The molecule has 0 aliphatic heterocycles. The molecule has 4 aromatic rings. The summed E-state index contributed by atoms with van der Waals surface area (Å²) in [6.07, 6.45) is 1.58. The fraction of sp³-hybridized carbons (Fsp3) is 0.100. The van der Waals surface area contributed by atoms with Crippen LogP contribution in [0.1, 0.15) is 16.3 Å². The van der Waals surface area contributed by atoms with Gasteiger partial charge in [0.05, 0.1) is 11.0 Å². The van der Waals surface area contributed by atoms with Crippen molar-refractivity contribution in [3.8, 4) is 11.4 Å². The fourth-order valence-electron chi connectivity index (χ4n) is 2.92. The molecule has 0 aliphatic carbocycles. The second kappa shape index (κ2) is 6.40. The van der Waals surface area contributed by atoms with E-state index >= 15 is 0 Å². The summed E-state index contributed by atoms with van der Waals surface area (Å²) >= 11 is 0. The topological polar surface area (TPSA) is 72.7 Å². The molecular weight excluding hydrogens is 326 g/mol. The van der Waals surface area contributed by atoms with Crippen molar-refractivity contribution in [1.29, 1.82) is 0 Å². The number of imidazole rings is 1. The smallest absolute Gasteiger partial charge is 0.274 e. The van der Waals surface area contributed by atoms with Crippen LogP contribution in [0.25, 0.3) is 22.4 Å². The highest BCUT2D eigenvalue weighted by Gasteiger charge is 2.12. The van der Waals surface area contributed by atoms with Gasteiger partial charge in [-0.3, -0.25) is 4.79 Å². The monoisotopic (exact) mass is 343 g/mol. The lowest BCUT2D eigenvalue weighted by molar-refractivity contribution is 0.102. The lowest BCUT2D eigenvalue weighted by Crippen LogP contribution is -2.14. The molecule has 6 nitrogen and oxygen atoms in total. The van der Waals surface area contributed by atoms with Gasteiger partial charge in [0.25, 0.3) is 5.91 Å². The highest BCUT2D eigenvalue weighted by molar-refractivity contribution is 6.03. The van der Waals surface area contributed by atoms with Crippen LogP contribution in [0.15, 0.2) is 60.8 Å². The Morgan fingerprint density at radius 2 is 1.88 bits per heavy atom. The summed E-state index contributed by atoms with van der Waals surface area (Å²) in [5.41, 5.74) is 3.96. The zero-order valence-electron chi connectivity index (χ0n) is 14.5. The summed E-state index contributed by atoms with van der Waals surface area (Å²) in [5.74, 6) is 1.14. The molecule has 0 fully saturated rings. The average molecular weight is 343 g/mol. The van der Waals surface area contributed by atoms with Crippen LogP contribution in [0.3, 0.4) is 0 Å². The van der Waals surface area contributed by atoms with Gasteiger partial charge in [-0.15, -0.1) is 0 Å². The number of carbonyl (C=O) groups is 1. The first kappa shape index (κ1) is 16.0. The Labute approximate surface area is 150 Å². The van der Waals surface area contributed by atoms with Crippen molar-refractivity contribution in [2.75, 3.05) is 5.32 Å². The SMILES string of the molecule is Cc1nccc(C(=O)Nc2cccc(-c3nc4ccccc4n3C)c2)n1. The van der Waals surface area contributed by atoms with Crippen LogP contribution < -0.4 is 5.32 Å². The molecule has 0 aliphatic rings. The van der Waals surface area contributed by atoms with Crippen LogP contribution in [0.2, 0.25) is 0 Å². The Morgan fingerprint density at radius 3 is 2.69 bits per heavy atom. The van der Waals surface area contributed by atoms with E-state index < -0.39 is 0 Å². The predicted octanol–water partition coefficient (Wildman–Crippen LogP) is 3.59. The van der Waals surface area contributed by atoms with Crippen molar-refractivity contribution in [3.05, 3.63) is 72.3 Å². The maximum atomic E-state index is 12.4. The van der Waals surface area contributed by atoms with E-state index in [1.54, 1.807) is 19.2 Å². The molecule has 1 amide bonds. The van der Waals surface area contributed by atoms with Gasteiger partial charge in [0.2, 0.25) is 0 Å². The molecule has 0 radical (unpaired) electrons. The summed E-state index contributed by atoms with van der Waals surface area (Å²) < 4.78 is 2.05. The lowest BCUT2D eigenvalue weighted by atomic mass is 10.2. The van der Waals surface area contributed by atoms with Gasteiger partial charge in [0, 0.05) is 24.5 Å². The van der Waals surface area contributed by atoms with E-state index in [2.05, 4.69) is 15.3 Å². The molecule has 26 heavy (non-hydrogen) atoms. The largest absolute Gasteiger partial charge is 0.327 e. The first-order valence-electron chi connectivity index (χ1n) is 8.25. The van der Waals surface area contributed by atoms with E-state index in [0.717, 1.165) is 22.4 Å². The van der Waals surface area contributed by atoms with Crippen LogP contribution in [0, 0.1) is 6.92 Å². The molecule has 0 saturated carbocycles. The molecule has 4 rings (SSSR count). The third-order valence-electron chi connectivity index (χ3n) is 4.17. The van der Waals surface area contributed by atoms with Gasteiger partial charge < -0.3 is 9.88 Å². The molecule has 2 aromatic carbocycles. The number of anilines is 1. The zero-order chi connectivity index (χ0) is 18.1. The Balaban J connectivity index is 1.66. The third kappa shape index (κ3) is 2.93. The van der Waals surface area contributed by atoms with Crippen LogP contribution >= 0.6 is 0 Å². The van der Waals surface area contributed by atoms with Crippen LogP contribution in [-0.2, 0) is 7.05 Å². The van der Waals surface area contributed by atoms with Gasteiger partial charge in [0.15, 0.2) is 0 Å². The molecule has 1 N–H and O–H groups in total. The van der Waals surface area contributed by atoms with E-state index in [4.69, 9.17) is 4.98 Å². The summed E-state index contributed by atoms with van der Waals surface area (Å²) in [5, 5.41) is 2.88. The van der Waals surface area contributed by atoms with Crippen molar-refractivity contribution >= 4 is 22.6 Å². The number of hydrogen-bond donors (Lipinski definition) is 1. The minimum absolute atomic E-state index is 0.266. The van der Waals surface area contributed by atoms with Gasteiger partial charge in [-0.2, -0.15) is 0 Å². The van der Waals surface area contributed by atoms with E-state index in [-0.39, 0.29) is 5.91 Å². The highest BCUT2D eigenvalue weighted by Crippen LogP contribution is 2.25. The molecule has 2 aromatic heterocycles. The maximum absolute atomic E-state index is 12.4. The number of nitrogens with one attached hydrogen (secondary N) is 1. The standard InChI is InChI=1S/C20H17N5O/c1-13-21-11-10-17(22-13)20(26)23-15-7-5-6-14(12-15)19-24-16-8-3-4-9-18(16)25(19)2/h3-12H,1-2H3,(H,23,26). The van der Waals surface area contributed by atoms with Crippen molar-refractivity contribution < 1.29 is 4.79 Å². The van der Waals surface area contributed by atoms with Crippen molar-refractivity contribution in [3.63, 3.8) is 0 Å². The molecule has 0 spiro atoms. The molecule has 0 bridgehead atoms. The van der Waals surface area contributed by atoms with E-state index in [9.17, 15) is 4.79 Å². The number of rotatable bonds is 3. The number of aryl methyl sites for hydroxylation is 2. The quantitative estimate of drug-likeness (QED) is 0.617. The Morgan fingerprint density at radius 1 is 1.04 bits per heavy atom. The van der Waals surface area contributed by atoms with Crippen molar-refractivity contribution in [2.24, 2.45) is 7.05 Å². The molecule has 128 valence electrons. The number of fused-ring (bicyclic) bond motifs is 1. The average Bonchev–Trinajstić information content (AvgIpc) is 2.99. The molecule has 2 heterocycles. The summed E-state index contributed by atoms with van der Waals surface area (Å²) in [6, 6.07) is 17.2. The molecule has 0 saturated heterocycles. The highest BCUT2D eigenvalue weighted by atomic mass is 16.1. The van der Waals surface area contributed by atoms with E-state index in [0.29, 0.717) is 17.2 Å². The minimum Gasteiger partial charge on any atom is -0.327 e. The first-order valence-corrected chi connectivity index (χ1v) is 8.25. The van der Waals surface area contributed by atoms with Crippen LogP contribution in [0.5, 0.6) is 0 Å². The van der Waals surface area contributed by atoms with Crippen LogP contribution in [0.4, 0.5) is 5.69 Å². The molecule has 0 atom stereocenters. The van der Waals surface area contributed by atoms with Crippen molar-refractivity contribution in [1.82, 2.24) is 19.5 Å². The van der Waals surface area contributed by atoms with Crippen LogP contribution in [-0.4, -0.2) is 25.4 Å². The van der Waals surface area contributed by atoms with Gasteiger partial charge in [-0.1, -0.05) is 24.3 Å². The third-order valence-corrected chi connectivity index (χ3v) is 4.17. The lowest BCUT2D eigenvalue weighted by Gasteiger charge is -2.08. The number of amides is 1. The zero-order valence-corrected chi connectivity index (χ0v) is 14.5. The maximum Gasteiger partial charge on any atom is 0.274 e. The number of hydrogen-bond acceptors (Lipinski definition) is 4. The van der Waals surface area contributed by atoms with E-state index in [1.165, 1.54) is 0 Å². The predicted molar refractivity (Wildman–Crippen MR) is 101 cm³/mol. The number of nitrogens with zero attached hydrogens (tertiary/aromatic N) is 4. The van der Waals surface area contributed by atoms with E-state index in [1.807, 2.05) is 60.1 Å². The normalized spacial score (nSPS) is 10.8. The number of benzene rings is 2. The van der Waals surface area contributed by atoms with Gasteiger partial charge >= 0.3 is 0 Å². The van der Waals surface area contributed by atoms with Crippen molar-refractivity contribution in [2.45, 2.75) is 6.92 Å². The molecular formula is C20H17N5O. The Kier molecular flexibility index (Phi) is 3.93. The minimum atomic E-state index is -0.266. The number of carbonyl (C=O) groups excluding carboxylic acids is 1. The van der Waals surface area contributed by atoms with Gasteiger partial charge in [0.1, 0.15) is 17.3 Å². The second-order valence-corrected chi connectivity index (χ2v) is 6.01. The molecule has 6 heteroatoms.